The molecule has 1 N–H and O–H groups in total. The van der Waals surface area contributed by atoms with E-state index in [1.54, 1.807) is 19.3 Å². The lowest BCUT2D eigenvalue weighted by atomic mass is 10.0. The summed E-state index contributed by atoms with van der Waals surface area (Å²) in [5, 5.41) is 4.87. The summed E-state index contributed by atoms with van der Waals surface area (Å²) in [6.45, 7) is 3.65. The van der Waals surface area contributed by atoms with Crippen molar-refractivity contribution in [2.45, 2.75) is 24.9 Å². The number of amides is 1. The van der Waals surface area contributed by atoms with Crippen LogP contribution in [-0.2, 0) is 19.0 Å². The fourth-order valence-electron chi connectivity index (χ4n) is 3.73. The molecule has 2 fully saturated rings. The van der Waals surface area contributed by atoms with Gasteiger partial charge in [0.1, 0.15) is 11.3 Å². The highest BCUT2D eigenvalue weighted by Crippen LogP contribution is 2.38. The molecular weight excluding hydrogens is 410 g/mol. The van der Waals surface area contributed by atoms with E-state index in [4.69, 9.17) is 23.8 Å². The van der Waals surface area contributed by atoms with E-state index >= 15 is 0 Å². The normalized spacial score (nSPS) is 19.5. The zero-order chi connectivity index (χ0) is 20.9. The van der Waals surface area contributed by atoms with Gasteiger partial charge in [-0.05, 0) is 24.5 Å². The number of nitrogens with one attached hydrogen (secondary N) is 1. The number of carbonyl (C=O) groups is 1. The van der Waals surface area contributed by atoms with Gasteiger partial charge < -0.3 is 23.8 Å². The van der Waals surface area contributed by atoms with E-state index in [2.05, 4.69) is 10.3 Å². The van der Waals surface area contributed by atoms with Crippen molar-refractivity contribution in [2.75, 3.05) is 59.1 Å². The first-order valence-corrected chi connectivity index (χ1v) is 10.9. The van der Waals surface area contributed by atoms with Crippen LogP contribution < -0.4 is 10.1 Å². The third-order valence-corrected chi connectivity index (χ3v) is 6.38. The molecule has 3 heterocycles. The number of hydrogen-bond donors (Lipinski definition) is 1. The lowest BCUT2D eigenvalue weighted by Crippen LogP contribution is -2.39. The van der Waals surface area contributed by atoms with Gasteiger partial charge in [-0.1, -0.05) is 17.4 Å². The summed E-state index contributed by atoms with van der Waals surface area (Å²) in [6.07, 6.45) is 1.33. The molecule has 0 unspecified atom stereocenters. The Hall–Kier alpha value is -1.98. The third-order valence-electron chi connectivity index (χ3n) is 5.36. The highest BCUT2D eigenvalue weighted by Gasteiger charge is 2.24. The molecule has 10 heteroatoms. The molecule has 2 aliphatic heterocycles. The summed E-state index contributed by atoms with van der Waals surface area (Å²) in [6, 6.07) is 3.91. The van der Waals surface area contributed by atoms with Gasteiger partial charge in [0.25, 0.3) is 0 Å². The predicted molar refractivity (Wildman–Crippen MR) is 112 cm³/mol. The summed E-state index contributed by atoms with van der Waals surface area (Å²) in [4.78, 5) is 22.4. The number of piperidine rings is 1. The molecular formula is C20H27N3O6S. The van der Waals surface area contributed by atoms with Gasteiger partial charge in [-0.15, -0.1) is 5.06 Å². The molecule has 164 valence electrons. The third kappa shape index (κ3) is 4.84. The van der Waals surface area contributed by atoms with Crippen LogP contribution in [0.25, 0.3) is 10.2 Å². The average Bonchev–Trinajstić information content (AvgIpc) is 2.99. The Morgan fingerprint density at radius 2 is 1.93 bits per heavy atom. The molecule has 0 radical (unpaired) electrons. The molecule has 0 bridgehead atoms. The number of hydroxylamine groups is 2. The Labute approximate surface area is 179 Å². The molecule has 9 nitrogen and oxygen atoms in total. The number of anilines is 1. The molecule has 1 aromatic carbocycles. The first-order chi connectivity index (χ1) is 14.7. The maximum absolute atomic E-state index is 12.4. The van der Waals surface area contributed by atoms with Gasteiger partial charge in [-0.2, -0.15) is 0 Å². The molecule has 0 aliphatic carbocycles. The van der Waals surface area contributed by atoms with Crippen LogP contribution in [0, 0.1) is 0 Å². The van der Waals surface area contributed by atoms with Crippen LogP contribution in [0.3, 0.4) is 0 Å². The lowest BCUT2D eigenvalue weighted by molar-refractivity contribution is -0.126. The van der Waals surface area contributed by atoms with E-state index in [1.165, 1.54) is 11.3 Å². The van der Waals surface area contributed by atoms with E-state index < -0.39 is 6.09 Å². The van der Waals surface area contributed by atoms with Crippen LogP contribution in [0.4, 0.5) is 9.93 Å². The molecule has 2 aliphatic rings. The largest absolute Gasteiger partial charge is 0.494 e. The monoisotopic (exact) mass is 437 g/mol. The first-order valence-electron chi connectivity index (χ1n) is 10.1. The second kappa shape index (κ2) is 9.88. The minimum absolute atomic E-state index is 0.100. The standard InChI is InChI=1S/C20H27N3O6S/c1-25-14-5-7-23(8-6-14)29-20(24)22-19-21-17-16(26-2)4-3-15(18(17)30-19)13-11-27-9-10-28-12-13/h3-4,13-14H,5-12H2,1-2H3,(H,21,22,24). The molecule has 4 rings (SSSR count). The van der Waals surface area contributed by atoms with E-state index in [-0.39, 0.29) is 12.0 Å². The van der Waals surface area contributed by atoms with Gasteiger partial charge in [0.2, 0.25) is 0 Å². The Balaban J connectivity index is 1.49. The van der Waals surface area contributed by atoms with E-state index in [9.17, 15) is 4.79 Å². The Morgan fingerprint density at radius 1 is 1.20 bits per heavy atom. The Bertz CT molecular complexity index is 860. The zero-order valence-corrected chi connectivity index (χ0v) is 18.0. The van der Waals surface area contributed by atoms with Crippen molar-refractivity contribution in [1.29, 1.82) is 0 Å². The number of carbonyl (C=O) groups excluding carboxylic acids is 1. The van der Waals surface area contributed by atoms with Crippen molar-refractivity contribution in [2.24, 2.45) is 0 Å². The number of benzene rings is 1. The molecule has 0 spiro atoms. The van der Waals surface area contributed by atoms with Crippen molar-refractivity contribution in [3.63, 3.8) is 0 Å². The zero-order valence-electron chi connectivity index (χ0n) is 17.2. The van der Waals surface area contributed by atoms with Gasteiger partial charge in [-0.25, -0.2) is 9.78 Å². The summed E-state index contributed by atoms with van der Waals surface area (Å²) in [5.41, 5.74) is 1.79. The molecule has 2 aromatic rings. The van der Waals surface area contributed by atoms with Gasteiger partial charge in [0, 0.05) is 26.1 Å². The number of thiazole rings is 1. The van der Waals surface area contributed by atoms with Crippen LogP contribution in [0.1, 0.15) is 24.3 Å². The molecule has 2 saturated heterocycles. The van der Waals surface area contributed by atoms with Crippen molar-refractivity contribution in [3.05, 3.63) is 17.7 Å². The van der Waals surface area contributed by atoms with E-state index in [0.29, 0.717) is 55.9 Å². The van der Waals surface area contributed by atoms with Gasteiger partial charge in [0.05, 0.1) is 44.3 Å². The SMILES string of the molecule is COc1ccc(C2COCCOC2)c2sc(NC(=O)ON3CCC(OC)CC3)nc12. The second-order valence-corrected chi connectivity index (χ2v) is 8.27. The van der Waals surface area contributed by atoms with Crippen LogP contribution in [-0.4, -0.2) is 76.0 Å². The molecule has 1 amide bonds. The summed E-state index contributed by atoms with van der Waals surface area (Å²) < 4.78 is 23.1. The first kappa shape index (κ1) is 21.3. The van der Waals surface area contributed by atoms with Crippen molar-refractivity contribution < 1.29 is 28.6 Å². The van der Waals surface area contributed by atoms with Gasteiger partial charge in [-0.3, -0.25) is 5.32 Å². The van der Waals surface area contributed by atoms with Gasteiger partial charge in [0.15, 0.2) is 5.13 Å². The summed E-state index contributed by atoms with van der Waals surface area (Å²) >= 11 is 1.40. The van der Waals surface area contributed by atoms with Crippen LogP contribution in [0.15, 0.2) is 12.1 Å². The molecule has 30 heavy (non-hydrogen) atoms. The fraction of sp³-hybridized carbons (Fsp3) is 0.600. The lowest BCUT2D eigenvalue weighted by Gasteiger charge is -2.29. The number of methoxy groups -OCH3 is 2. The molecule has 0 atom stereocenters. The van der Waals surface area contributed by atoms with E-state index in [0.717, 1.165) is 23.1 Å². The minimum Gasteiger partial charge on any atom is -0.494 e. The van der Waals surface area contributed by atoms with Crippen LogP contribution >= 0.6 is 11.3 Å². The minimum atomic E-state index is -0.549. The molecule has 1 aromatic heterocycles. The predicted octanol–water partition coefficient (Wildman–Crippen LogP) is 3.01. The van der Waals surface area contributed by atoms with Crippen molar-refractivity contribution in [3.8, 4) is 5.75 Å². The average molecular weight is 438 g/mol. The van der Waals surface area contributed by atoms with E-state index in [1.807, 2.05) is 12.1 Å². The number of aromatic nitrogens is 1. The Kier molecular flexibility index (Phi) is 7.00. The summed E-state index contributed by atoms with van der Waals surface area (Å²) in [7, 11) is 3.31. The molecule has 0 saturated carbocycles. The van der Waals surface area contributed by atoms with Crippen LogP contribution in [0.5, 0.6) is 5.75 Å². The van der Waals surface area contributed by atoms with Gasteiger partial charge >= 0.3 is 6.09 Å². The number of ether oxygens (including phenoxy) is 4. The fourth-order valence-corrected chi connectivity index (χ4v) is 4.79. The quantitative estimate of drug-likeness (QED) is 0.763. The van der Waals surface area contributed by atoms with Crippen molar-refractivity contribution >= 4 is 32.8 Å². The number of rotatable bonds is 5. The maximum atomic E-state index is 12.4. The number of nitrogens with zero attached hydrogens (tertiary/aromatic N) is 2. The second-order valence-electron chi connectivity index (χ2n) is 7.27. The Morgan fingerprint density at radius 3 is 2.60 bits per heavy atom. The summed E-state index contributed by atoms with van der Waals surface area (Å²) in [5.74, 6) is 0.756. The highest BCUT2D eigenvalue weighted by atomic mass is 32.1. The topological polar surface area (TPSA) is 91.4 Å². The number of fused-ring (bicyclic) bond motifs is 1. The van der Waals surface area contributed by atoms with Crippen LogP contribution in [0.2, 0.25) is 0 Å². The maximum Gasteiger partial charge on any atom is 0.432 e. The number of hydrogen-bond acceptors (Lipinski definition) is 9. The van der Waals surface area contributed by atoms with Crippen molar-refractivity contribution in [1.82, 2.24) is 10.0 Å². The highest BCUT2D eigenvalue weighted by molar-refractivity contribution is 7.22. The smallest absolute Gasteiger partial charge is 0.432 e.